The normalized spacial score (nSPS) is 17.3. The molecule has 3 N–H and O–H groups in total. The molecule has 0 bridgehead atoms. The zero-order valence-electron chi connectivity index (χ0n) is 16.4. The molecule has 0 aromatic heterocycles. The minimum absolute atomic E-state index is 0.0667. The van der Waals surface area contributed by atoms with E-state index < -0.39 is 11.8 Å². The number of benzene rings is 2. The zero-order chi connectivity index (χ0) is 21.1. The fourth-order valence-electron chi connectivity index (χ4n) is 3.52. The Morgan fingerprint density at radius 2 is 2.00 bits per heavy atom. The minimum Gasteiger partial charge on any atom is -0.366 e. The Morgan fingerprint density at radius 1 is 1.28 bits per heavy atom. The third kappa shape index (κ3) is 4.43. The maximum atomic E-state index is 12.7. The van der Waals surface area contributed by atoms with Gasteiger partial charge in [0.05, 0.1) is 16.5 Å². The third-order valence-electron chi connectivity index (χ3n) is 5.37. The van der Waals surface area contributed by atoms with Crippen LogP contribution in [-0.2, 0) is 9.59 Å². The van der Waals surface area contributed by atoms with E-state index in [-0.39, 0.29) is 28.8 Å². The van der Waals surface area contributed by atoms with Gasteiger partial charge in [0, 0.05) is 24.3 Å². The van der Waals surface area contributed by atoms with Crippen molar-refractivity contribution in [3.8, 4) is 0 Å². The number of nitrogens with one attached hydrogen (secondary N) is 1. The molecule has 2 atom stereocenters. The van der Waals surface area contributed by atoms with Gasteiger partial charge < -0.3 is 16.0 Å². The lowest BCUT2D eigenvalue weighted by atomic mass is 9.96. The summed E-state index contributed by atoms with van der Waals surface area (Å²) in [5.74, 6) is -1.11. The van der Waals surface area contributed by atoms with Gasteiger partial charge in [-0.15, -0.1) is 0 Å². The van der Waals surface area contributed by atoms with Crippen LogP contribution in [0.15, 0.2) is 42.5 Å². The van der Waals surface area contributed by atoms with Crippen molar-refractivity contribution in [2.45, 2.75) is 32.6 Å². The zero-order valence-corrected chi connectivity index (χ0v) is 17.2. The highest BCUT2D eigenvalue weighted by molar-refractivity contribution is 6.34. The van der Waals surface area contributed by atoms with Crippen LogP contribution in [0.5, 0.6) is 0 Å². The summed E-state index contributed by atoms with van der Waals surface area (Å²) in [5, 5.41) is 2.95. The molecule has 6 nitrogen and oxygen atoms in total. The Labute approximate surface area is 175 Å². The van der Waals surface area contributed by atoms with Crippen molar-refractivity contribution < 1.29 is 14.4 Å². The SMILES string of the molecule is CCC(C)c1ccccc1N1CC(C(=O)Nc2ccc(C(N)=O)c(Cl)c2)CC1=O. The second-order valence-corrected chi connectivity index (χ2v) is 7.73. The van der Waals surface area contributed by atoms with Crippen molar-refractivity contribution in [2.24, 2.45) is 11.7 Å². The van der Waals surface area contributed by atoms with E-state index in [1.165, 1.54) is 12.1 Å². The average Bonchev–Trinajstić information content (AvgIpc) is 3.09. The third-order valence-corrected chi connectivity index (χ3v) is 5.68. The van der Waals surface area contributed by atoms with Gasteiger partial charge in [-0.05, 0) is 42.2 Å². The largest absolute Gasteiger partial charge is 0.366 e. The standard InChI is InChI=1S/C22H24ClN3O3/c1-3-13(2)16-6-4-5-7-19(16)26-12-14(10-20(26)27)22(29)25-15-8-9-17(21(24)28)18(23)11-15/h4-9,11,13-14H,3,10,12H2,1-2H3,(H2,24,28)(H,25,29). The number of nitrogens with two attached hydrogens (primary N) is 1. The lowest BCUT2D eigenvalue weighted by Gasteiger charge is -2.23. The maximum Gasteiger partial charge on any atom is 0.250 e. The molecular formula is C22H24ClN3O3. The van der Waals surface area contributed by atoms with Crippen molar-refractivity contribution >= 4 is 40.7 Å². The molecule has 2 aromatic carbocycles. The van der Waals surface area contributed by atoms with Crippen molar-refractivity contribution in [1.29, 1.82) is 0 Å². The lowest BCUT2D eigenvalue weighted by molar-refractivity contribution is -0.122. The summed E-state index contributed by atoms with van der Waals surface area (Å²) in [6, 6.07) is 12.4. The molecule has 0 spiro atoms. The van der Waals surface area contributed by atoms with Gasteiger partial charge in [0.1, 0.15) is 0 Å². The van der Waals surface area contributed by atoms with Gasteiger partial charge in [0.15, 0.2) is 0 Å². The van der Waals surface area contributed by atoms with Crippen molar-refractivity contribution in [1.82, 2.24) is 0 Å². The second kappa shape index (κ2) is 8.66. The summed E-state index contributed by atoms with van der Waals surface area (Å²) >= 11 is 6.04. The van der Waals surface area contributed by atoms with Crippen LogP contribution >= 0.6 is 11.6 Å². The van der Waals surface area contributed by atoms with Crippen molar-refractivity contribution in [3.05, 3.63) is 58.6 Å². The molecule has 1 aliphatic heterocycles. The predicted octanol–water partition coefficient (Wildman–Crippen LogP) is 3.94. The van der Waals surface area contributed by atoms with E-state index >= 15 is 0 Å². The Bertz CT molecular complexity index is 960. The summed E-state index contributed by atoms with van der Waals surface area (Å²) in [6.45, 7) is 4.56. The Morgan fingerprint density at radius 3 is 2.66 bits per heavy atom. The number of carbonyl (C=O) groups excluding carboxylic acids is 3. The molecule has 3 rings (SSSR count). The smallest absolute Gasteiger partial charge is 0.250 e. The highest BCUT2D eigenvalue weighted by Crippen LogP contribution is 2.34. The van der Waals surface area contributed by atoms with Crippen molar-refractivity contribution in [2.75, 3.05) is 16.8 Å². The number of halogens is 1. The molecule has 3 amide bonds. The molecular weight excluding hydrogens is 390 g/mol. The van der Waals surface area contributed by atoms with Crippen LogP contribution in [0.4, 0.5) is 11.4 Å². The van der Waals surface area contributed by atoms with Gasteiger partial charge in [0.2, 0.25) is 17.7 Å². The fourth-order valence-corrected chi connectivity index (χ4v) is 3.80. The molecule has 0 radical (unpaired) electrons. The summed E-state index contributed by atoms with van der Waals surface area (Å²) in [6.07, 6.45) is 1.11. The lowest BCUT2D eigenvalue weighted by Crippen LogP contribution is -2.29. The van der Waals surface area contributed by atoms with E-state index in [4.69, 9.17) is 17.3 Å². The summed E-state index contributed by atoms with van der Waals surface area (Å²) < 4.78 is 0. The van der Waals surface area contributed by atoms with Gasteiger partial charge >= 0.3 is 0 Å². The van der Waals surface area contributed by atoms with Crippen LogP contribution in [0.2, 0.25) is 5.02 Å². The molecule has 2 aromatic rings. The van der Waals surface area contributed by atoms with Gasteiger partial charge in [-0.3, -0.25) is 14.4 Å². The van der Waals surface area contributed by atoms with E-state index in [2.05, 4.69) is 19.2 Å². The Balaban J connectivity index is 1.75. The predicted molar refractivity (Wildman–Crippen MR) is 114 cm³/mol. The molecule has 7 heteroatoms. The topological polar surface area (TPSA) is 92.5 Å². The first-order valence-electron chi connectivity index (χ1n) is 9.61. The van der Waals surface area contributed by atoms with E-state index in [0.29, 0.717) is 18.2 Å². The molecule has 1 aliphatic rings. The van der Waals surface area contributed by atoms with Crippen LogP contribution in [-0.4, -0.2) is 24.3 Å². The van der Waals surface area contributed by atoms with Crippen LogP contribution in [0.1, 0.15) is 48.5 Å². The van der Waals surface area contributed by atoms with Crippen LogP contribution in [0.25, 0.3) is 0 Å². The number of primary amides is 1. The number of carbonyl (C=O) groups is 3. The first kappa shape index (κ1) is 20.9. The van der Waals surface area contributed by atoms with Gasteiger partial charge in [0.25, 0.3) is 0 Å². The number of anilines is 2. The summed E-state index contributed by atoms with van der Waals surface area (Å²) in [5.41, 5.74) is 7.86. The molecule has 1 heterocycles. The maximum absolute atomic E-state index is 12.7. The Kier molecular flexibility index (Phi) is 6.23. The molecule has 0 aliphatic carbocycles. The number of para-hydroxylation sites is 1. The summed E-state index contributed by atoms with van der Waals surface area (Å²) in [4.78, 5) is 38.3. The molecule has 1 fully saturated rings. The number of nitrogens with zero attached hydrogens (tertiary/aromatic N) is 1. The summed E-state index contributed by atoms with van der Waals surface area (Å²) in [7, 11) is 0. The van der Waals surface area contributed by atoms with Crippen LogP contribution in [0, 0.1) is 5.92 Å². The van der Waals surface area contributed by atoms with Gasteiger partial charge in [-0.25, -0.2) is 0 Å². The fraction of sp³-hybridized carbons (Fsp3) is 0.318. The minimum atomic E-state index is -0.634. The van der Waals surface area contributed by atoms with E-state index in [1.807, 2.05) is 24.3 Å². The number of hydrogen-bond acceptors (Lipinski definition) is 3. The number of hydrogen-bond donors (Lipinski definition) is 2. The molecule has 152 valence electrons. The molecule has 2 unspecified atom stereocenters. The van der Waals surface area contributed by atoms with Gasteiger partial charge in [-0.2, -0.15) is 0 Å². The molecule has 29 heavy (non-hydrogen) atoms. The van der Waals surface area contributed by atoms with E-state index in [1.54, 1.807) is 11.0 Å². The van der Waals surface area contributed by atoms with Crippen LogP contribution < -0.4 is 16.0 Å². The monoisotopic (exact) mass is 413 g/mol. The number of amides is 3. The Hall–Kier alpha value is -2.86. The molecule has 1 saturated heterocycles. The average molecular weight is 414 g/mol. The highest BCUT2D eigenvalue weighted by atomic mass is 35.5. The van der Waals surface area contributed by atoms with E-state index in [0.717, 1.165) is 17.7 Å². The first-order valence-corrected chi connectivity index (χ1v) is 9.99. The molecule has 0 saturated carbocycles. The second-order valence-electron chi connectivity index (χ2n) is 7.32. The van der Waals surface area contributed by atoms with Crippen LogP contribution in [0.3, 0.4) is 0 Å². The van der Waals surface area contributed by atoms with Gasteiger partial charge in [-0.1, -0.05) is 43.6 Å². The number of rotatable bonds is 6. The van der Waals surface area contributed by atoms with E-state index in [9.17, 15) is 14.4 Å². The quantitative estimate of drug-likeness (QED) is 0.751. The van der Waals surface area contributed by atoms with Crippen molar-refractivity contribution in [3.63, 3.8) is 0 Å². The highest BCUT2D eigenvalue weighted by Gasteiger charge is 2.36. The first-order chi connectivity index (χ1) is 13.8.